The molecule has 1 aromatic rings. The van der Waals surface area contributed by atoms with E-state index in [0.29, 0.717) is 6.54 Å². The highest BCUT2D eigenvalue weighted by Gasteiger charge is 2.55. The van der Waals surface area contributed by atoms with Crippen LogP contribution in [0, 0.1) is 0 Å². The number of nitrogens with one attached hydrogen (secondary N) is 1. The molecule has 2 fully saturated rings. The summed E-state index contributed by atoms with van der Waals surface area (Å²) in [6.45, 7) is 0.626. The molecule has 3 heterocycles. The molecule has 2 saturated heterocycles. The van der Waals surface area contributed by atoms with Crippen LogP contribution >= 0.6 is 0 Å². The molecule has 2 aliphatic heterocycles. The molecule has 0 radical (unpaired) electrons. The molecule has 16 heavy (non-hydrogen) atoms. The van der Waals surface area contributed by atoms with Gasteiger partial charge in [0.25, 0.3) is 0 Å². The lowest BCUT2D eigenvalue weighted by molar-refractivity contribution is -0.0352. The van der Waals surface area contributed by atoms with Crippen LogP contribution in [-0.2, 0) is 4.74 Å². The summed E-state index contributed by atoms with van der Waals surface area (Å²) in [6, 6.07) is 1.45. The first kappa shape index (κ1) is 9.73. The fourth-order valence-corrected chi connectivity index (χ4v) is 1.95. The second-order valence-corrected chi connectivity index (χ2v) is 4.12. The predicted molar refractivity (Wildman–Crippen MR) is 53.3 cm³/mol. The zero-order chi connectivity index (χ0) is 11.3. The Morgan fingerprint density at radius 3 is 3.06 bits per heavy atom. The maximum Gasteiger partial charge on any atom is 0.351 e. The Hall–Kier alpha value is -1.47. The maximum atomic E-state index is 13.7. The number of halogens is 1. The molecule has 3 N–H and O–H groups in total. The lowest BCUT2D eigenvalue weighted by atomic mass is 10.2. The van der Waals surface area contributed by atoms with Gasteiger partial charge in [-0.05, 0) is 6.07 Å². The molecular formula is C9H11FN4O2. The van der Waals surface area contributed by atoms with Crippen molar-refractivity contribution >= 4 is 5.82 Å². The van der Waals surface area contributed by atoms with Crippen molar-refractivity contribution in [3.63, 3.8) is 0 Å². The topological polar surface area (TPSA) is 92.1 Å². The molecule has 0 bridgehead atoms. The Bertz CT molecular complexity index is 485. The number of nitrogens with two attached hydrogens (primary N) is 1. The molecule has 3 atom stereocenters. The van der Waals surface area contributed by atoms with Crippen molar-refractivity contribution in [2.24, 2.45) is 0 Å². The number of aromatic nitrogens is 2. The van der Waals surface area contributed by atoms with Crippen molar-refractivity contribution in [1.82, 2.24) is 14.9 Å². The number of rotatable bonds is 1. The minimum absolute atomic E-state index is 0.119. The molecular weight excluding hydrogens is 215 g/mol. The SMILES string of the molecule is Nc1ccn([C@@H]2OC3(CN3)CC2F)c(=O)n1. The highest BCUT2D eigenvalue weighted by Crippen LogP contribution is 2.41. The van der Waals surface area contributed by atoms with Gasteiger partial charge >= 0.3 is 5.69 Å². The van der Waals surface area contributed by atoms with E-state index in [1.807, 2.05) is 0 Å². The minimum Gasteiger partial charge on any atom is -0.383 e. The van der Waals surface area contributed by atoms with Gasteiger partial charge in [0.2, 0.25) is 0 Å². The number of hydrogen-bond donors (Lipinski definition) is 2. The van der Waals surface area contributed by atoms with Gasteiger partial charge in [-0.1, -0.05) is 0 Å². The van der Waals surface area contributed by atoms with Gasteiger partial charge in [0.1, 0.15) is 17.7 Å². The molecule has 1 aromatic heterocycles. The Morgan fingerprint density at radius 1 is 1.75 bits per heavy atom. The first-order chi connectivity index (χ1) is 7.60. The molecule has 3 rings (SSSR count). The molecule has 2 aliphatic rings. The largest absolute Gasteiger partial charge is 0.383 e. The molecule has 0 saturated carbocycles. The average Bonchev–Trinajstić information content (AvgIpc) is 2.87. The number of hydrogen-bond acceptors (Lipinski definition) is 5. The van der Waals surface area contributed by atoms with Crippen molar-refractivity contribution in [3.05, 3.63) is 22.7 Å². The van der Waals surface area contributed by atoms with E-state index in [4.69, 9.17) is 10.5 Å². The van der Waals surface area contributed by atoms with E-state index >= 15 is 0 Å². The summed E-state index contributed by atoms with van der Waals surface area (Å²) in [7, 11) is 0. The van der Waals surface area contributed by atoms with E-state index in [1.165, 1.54) is 12.3 Å². The highest BCUT2D eigenvalue weighted by atomic mass is 19.1. The fraction of sp³-hybridized carbons (Fsp3) is 0.556. The third-order valence-electron chi connectivity index (χ3n) is 2.88. The Balaban J connectivity index is 1.95. The first-order valence-corrected chi connectivity index (χ1v) is 5.01. The second-order valence-electron chi connectivity index (χ2n) is 4.12. The lowest BCUT2D eigenvalue weighted by Gasteiger charge is -2.15. The molecule has 0 aromatic carbocycles. The quantitative estimate of drug-likeness (QED) is 0.623. The van der Waals surface area contributed by atoms with Gasteiger partial charge in [0, 0.05) is 19.2 Å². The average molecular weight is 226 g/mol. The summed E-state index contributed by atoms with van der Waals surface area (Å²) < 4.78 is 20.3. The zero-order valence-corrected chi connectivity index (χ0v) is 8.39. The van der Waals surface area contributed by atoms with E-state index in [2.05, 4.69) is 10.3 Å². The van der Waals surface area contributed by atoms with E-state index in [9.17, 15) is 9.18 Å². The van der Waals surface area contributed by atoms with Gasteiger partial charge in [-0.2, -0.15) is 4.98 Å². The zero-order valence-electron chi connectivity index (χ0n) is 8.39. The van der Waals surface area contributed by atoms with Crippen molar-refractivity contribution in [2.75, 3.05) is 12.3 Å². The lowest BCUT2D eigenvalue weighted by Crippen LogP contribution is -2.30. The molecule has 1 spiro atoms. The third kappa shape index (κ3) is 1.40. The van der Waals surface area contributed by atoms with Gasteiger partial charge in [-0.3, -0.25) is 9.88 Å². The fourth-order valence-electron chi connectivity index (χ4n) is 1.95. The summed E-state index contributed by atoms with van der Waals surface area (Å²) in [5.74, 6) is 0.119. The molecule has 0 aliphatic carbocycles. The van der Waals surface area contributed by atoms with Crippen LogP contribution in [0.5, 0.6) is 0 Å². The number of ether oxygens (including phenoxy) is 1. The van der Waals surface area contributed by atoms with Crippen LogP contribution in [0.1, 0.15) is 12.6 Å². The summed E-state index contributed by atoms with van der Waals surface area (Å²) in [5, 5.41) is 2.95. The van der Waals surface area contributed by atoms with Crippen LogP contribution in [0.2, 0.25) is 0 Å². The van der Waals surface area contributed by atoms with E-state index in [0.717, 1.165) is 4.57 Å². The summed E-state index contributed by atoms with van der Waals surface area (Å²) in [6.07, 6.45) is -0.452. The molecule has 86 valence electrons. The molecule has 6 nitrogen and oxygen atoms in total. The first-order valence-electron chi connectivity index (χ1n) is 5.01. The Morgan fingerprint density at radius 2 is 2.50 bits per heavy atom. The standard InChI is InChI=1S/C9H11FN4O2/c10-5-3-9(4-12-9)16-7(5)14-2-1-6(11)13-8(14)15/h1-2,5,7,12H,3-4H2,(H2,11,13,15)/t5?,7-,9?/m1/s1. The van der Waals surface area contributed by atoms with E-state index < -0.39 is 23.8 Å². The Kier molecular flexibility index (Phi) is 1.84. The van der Waals surface area contributed by atoms with Gasteiger partial charge in [-0.15, -0.1) is 0 Å². The monoisotopic (exact) mass is 226 g/mol. The van der Waals surface area contributed by atoms with Crippen LogP contribution in [0.3, 0.4) is 0 Å². The predicted octanol–water partition coefficient (Wildman–Crippen LogP) is -0.618. The van der Waals surface area contributed by atoms with Crippen molar-refractivity contribution in [1.29, 1.82) is 0 Å². The summed E-state index contributed by atoms with van der Waals surface area (Å²) in [4.78, 5) is 15.0. The normalized spacial score (nSPS) is 36.8. The molecule has 7 heteroatoms. The molecule has 2 unspecified atom stereocenters. The summed E-state index contributed by atoms with van der Waals surface area (Å²) >= 11 is 0. The van der Waals surface area contributed by atoms with Crippen LogP contribution in [0.15, 0.2) is 17.1 Å². The second kappa shape index (κ2) is 3.02. The van der Waals surface area contributed by atoms with Crippen LogP contribution in [0.4, 0.5) is 10.2 Å². The van der Waals surface area contributed by atoms with Crippen LogP contribution in [0.25, 0.3) is 0 Å². The third-order valence-corrected chi connectivity index (χ3v) is 2.88. The summed E-state index contributed by atoms with van der Waals surface area (Å²) in [5.41, 5.74) is 4.20. The number of anilines is 1. The van der Waals surface area contributed by atoms with E-state index in [-0.39, 0.29) is 12.2 Å². The van der Waals surface area contributed by atoms with Gasteiger partial charge in [0.05, 0.1) is 0 Å². The molecule has 0 amide bonds. The van der Waals surface area contributed by atoms with Gasteiger partial charge in [-0.25, -0.2) is 9.18 Å². The van der Waals surface area contributed by atoms with Crippen molar-refractivity contribution < 1.29 is 9.13 Å². The van der Waals surface area contributed by atoms with Crippen LogP contribution in [-0.4, -0.2) is 28.0 Å². The Labute approximate surface area is 90.2 Å². The maximum absolute atomic E-state index is 13.7. The number of nitrogen functional groups attached to an aromatic ring is 1. The number of nitrogens with zero attached hydrogens (tertiary/aromatic N) is 2. The van der Waals surface area contributed by atoms with Gasteiger partial charge < -0.3 is 10.5 Å². The van der Waals surface area contributed by atoms with Crippen LogP contribution < -0.4 is 16.7 Å². The van der Waals surface area contributed by atoms with Crippen molar-refractivity contribution in [2.45, 2.75) is 24.5 Å². The van der Waals surface area contributed by atoms with Gasteiger partial charge in [0.15, 0.2) is 6.23 Å². The highest BCUT2D eigenvalue weighted by molar-refractivity contribution is 5.23. The number of alkyl halides is 1. The smallest absolute Gasteiger partial charge is 0.351 e. The van der Waals surface area contributed by atoms with Crippen molar-refractivity contribution in [3.8, 4) is 0 Å². The van der Waals surface area contributed by atoms with E-state index in [1.54, 1.807) is 0 Å². The minimum atomic E-state index is -1.21.